The highest BCUT2D eigenvalue weighted by Gasteiger charge is 2.32. The number of likely N-dealkylation sites (tertiary alicyclic amines) is 1. The van der Waals surface area contributed by atoms with Crippen LogP contribution in [0.25, 0.3) is 0 Å². The summed E-state index contributed by atoms with van der Waals surface area (Å²) in [6.07, 6.45) is 7.16. The molecule has 8 heteroatoms. The first kappa shape index (κ1) is 25.3. The smallest absolute Gasteiger partial charge is 0.225 e. The Morgan fingerprint density at radius 2 is 1.94 bits per heavy atom. The molecule has 0 spiro atoms. The Balaban J connectivity index is 0.00000306. The number of benzene rings is 1. The number of amides is 1. The number of aliphatic imine (C=N–C) groups is 1. The van der Waals surface area contributed by atoms with E-state index in [9.17, 15) is 4.79 Å². The minimum absolute atomic E-state index is 0. The average molecular weight is 563 g/mol. The third kappa shape index (κ3) is 7.06. The maximum Gasteiger partial charge on any atom is 0.225 e. The van der Waals surface area contributed by atoms with E-state index in [1.165, 1.54) is 12.8 Å². The summed E-state index contributed by atoms with van der Waals surface area (Å²) in [5.74, 6) is 1.92. The van der Waals surface area contributed by atoms with Crippen LogP contribution in [0.4, 0.5) is 0 Å². The predicted molar refractivity (Wildman–Crippen MR) is 141 cm³/mol. The monoisotopic (exact) mass is 563 g/mol. The molecule has 2 fully saturated rings. The highest BCUT2D eigenvalue weighted by atomic mass is 127. The van der Waals surface area contributed by atoms with Gasteiger partial charge in [-0.2, -0.15) is 0 Å². The minimum Gasteiger partial charge on any atom is -0.473 e. The van der Waals surface area contributed by atoms with Gasteiger partial charge in [0.2, 0.25) is 11.8 Å². The summed E-state index contributed by atoms with van der Waals surface area (Å²) in [7, 11) is 1.77. The maximum absolute atomic E-state index is 12.7. The zero-order valence-electron chi connectivity index (χ0n) is 19.2. The molecular weight excluding hydrogens is 529 g/mol. The molecule has 1 saturated carbocycles. The van der Waals surface area contributed by atoms with Gasteiger partial charge >= 0.3 is 0 Å². The molecule has 33 heavy (non-hydrogen) atoms. The number of nitrogens with zero attached hydrogens (tertiary/aromatic N) is 3. The Kier molecular flexibility index (Phi) is 9.77. The van der Waals surface area contributed by atoms with Crippen LogP contribution >= 0.6 is 24.0 Å². The molecule has 1 aliphatic heterocycles. The number of ether oxygens (including phenoxy) is 1. The lowest BCUT2D eigenvalue weighted by atomic mass is 10.1. The van der Waals surface area contributed by atoms with Gasteiger partial charge in [0, 0.05) is 50.4 Å². The van der Waals surface area contributed by atoms with Crippen molar-refractivity contribution in [2.75, 3.05) is 20.1 Å². The van der Waals surface area contributed by atoms with Crippen LogP contribution in [0, 0.1) is 5.92 Å². The van der Waals surface area contributed by atoms with Crippen LogP contribution in [0.15, 0.2) is 53.7 Å². The Hall–Kier alpha value is -2.36. The molecule has 2 heterocycles. The van der Waals surface area contributed by atoms with Crippen molar-refractivity contribution in [3.05, 3.63) is 59.8 Å². The third-order valence-electron chi connectivity index (χ3n) is 6.28. The number of guanidine groups is 1. The lowest BCUT2D eigenvalue weighted by Gasteiger charge is -2.21. The second kappa shape index (κ2) is 12.8. The second-order valence-corrected chi connectivity index (χ2v) is 8.56. The van der Waals surface area contributed by atoms with Gasteiger partial charge in [0.25, 0.3) is 0 Å². The number of halogens is 1. The number of carbonyl (C=O) groups is 1. The van der Waals surface area contributed by atoms with Gasteiger partial charge in [-0.05, 0) is 30.9 Å². The zero-order chi connectivity index (χ0) is 22.2. The molecule has 1 amide bonds. The van der Waals surface area contributed by atoms with Crippen LogP contribution in [0.1, 0.15) is 43.2 Å². The van der Waals surface area contributed by atoms with Crippen molar-refractivity contribution in [3.63, 3.8) is 0 Å². The Bertz CT molecular complexity index is 918. The Morgan fingerprint density at radius 1 is 1.15 bits per heavy atom. The van der Waals surface area contributed by atoms with Gasteiger partial charge in [0.1, 0.15) is 6.61 Å². The van der Waals surface area contributed by atoms with E-state index in [1.807, 2.05) is 47.4 Å². The molecule has 1 aromatic heterocycles. The van der Waals surface area contributed by atoms with Crippen LogP contribution < -0.4 is 15.4 Å². The van der Waals surface area contributed by atoms with E-state index in [-0.39, 0.29) is 35.9 Å². The maximum atomic E-state index is 12.7. The summed E-state index contributed by atoms with van der Waals surface area (Å²) in [4.78, 5) is 23.5. The van der Waals surface area contributed by atoms with Gasteiger partial charge < -0.3 is 20.3 Å². The van der Waals surface area contributed by atoms with Gasteiger partial charge in [-0.25, -0.2) is 4.98 Å². The summed E-state index contributed by atoms with van der Waals surface area (Å²) in [5, 5.41) is 6.84. The largest absolute Gasteiger partial charge is 0.473 e. The van der Waals surface area contributed by atoms with Crippen molar-refractivity contribution in [1.29, 1.82) is 0 Å². The summed E-state index contributed by atoms with van der Waals surface area (Å²) in [6, 6.07) is 14.2. The van der Waals surface area contributed by atoms with Gasteiger partial charge in [-0.15, -0.1) is 24.0 Å². The van der Waals surface area contributed by atoms with Gasteiger partial charge in [0.15, 0.2) is 5.96 Å². The lowest BCUT2D eigenvalue weighted by molar-refractivity contribution is -0.134. The van der Waals surface area contributed by atoms with Crippen molar-refractivity contribution in [2.24, 2.45) is 10.9 Å². The Morgan fingerprint density at radius 3 is 2.70 bits per heavy atom. The first-order chi connectivity index (χ1) is 15.7. The number of pyridine rings is 1. The summed E-state index contributed by atoms with van der Waals surface area (Å²) in [6.45, 7) is 2.60. The van der Waals surface area contributed by atoms with Crippen molar-refractivity contribution >= 4 is 35.8 Å². The molecular formula is C25H34IN5O2. The molecule has 2 N–H and O–H groups in total. The molecule has 2 aromatic rings. The quantitative estimate of drug-likeness (QED) is 0.305. The number of rotatable bonds is 7. The number of carbonyl (C=O) groups excluding carboxylic acids is 1. The van der Waals surface area contributed by atoms with Crippen LogP contribution in [0.2, 0.25) is 0 Å². The highest BCUT2D eigenvalue weighted by molar-refractivity contribution is 14.0. The van der Waals surface area contributed by atoms with Crippen molar-refractivity contribution < 1.29 is 9.53 Å². The first-order valence-corrected chi connectivity index (χ1v) is 11.6. The molecule has 0 radical (unpaired) electrons. The van der Waals surface area contributed by atoms with Crippen LogP contribution in [0.3, 0.4) is 0 Å². The number of hydrogen-bond acceptors (Lipinski definition) is 4. The molecule has 4 rings (SSSR count). The minimum atomic E-state index is 0. The molecule has 1 aliphatic carbocycles. The van der Waals surface area contributed by atoms with E-state index in [0.29, 0.717) is 24.9 Å². The van der Waals surface area contributed by atoms with Crippen molar-refractivity contribution in [2.45, 2.75) is 51.3 Å². The lowest BCUT2D eigenvalue weighted by Crippen LogP contribution is -2.45. The molecule has 7 nitrogen and oxygen atoms in total. The first-order valence-electron chi connectivity index (χ1n) is 11.6. The van der Waals surface area contributed by atoms with Crippen LogP contribution in [-0.4, -0.2) is 47.9 Å². The number of aromatic nitrogens is 1. The topological polar surface area (TPSA) is 78.9 Å². The summed E-state index contributed by atoms with van der Waals surface area (Å²) >= 11 is 0. The molecule has 178 valence electrons. The van der Waals surface area contributed by atoms with Crippen LogP contribution in [-0.2, 0) is 17.9 Å². The molecule has 1 unspecified atom stereocenters. The van der Waals surface area contributed by atoms with Gasteiger partial charge in [0.05, 0.1) is 0 Å². The van der Waals surface area contributed by atoms with E-state index in [4.69, 9.17) is 4.74 Å². The van der Waals surface area contributed by atoms with Gasteiger partial charge in [-0.1, -0.05) is 49.2 Å². The highest BCUT2D eigenvalue weighted by Crippen LogP contribution is 2.27. The number of nitrogens with one attached hydrogen (secondary N) is 2. The second-order valence-electron chi connectivity index (χ2n) is 8.56. The third-order valence-corrected chi connectivity index (χ3v) is 6.28. The van der Waals surface area contributed by atoms with Crippen LogP contribution in [0.5, 0.6) is 5.88 Å². The average Bonchev–Trinajstić information content (AvgIpc) is 3.54. The van der Waals surface area contributed by atoms with E-state index in [1.54, 1.807) is 13.2 Å². The van der Waals surface area contributed by atoms with E-state index < -0.39 is 0 Å². The fourth-order valence-corrected chi connectivity index (χ4v) is 4.49. The van der Waals surface area contributed by atoms with E-state index >= 15 is 0 Å². The fourth-order valence-electron chi connectivity index (χ4n) is 4.49. The van der Waals surface area contributed by atoms with E-state index in [2.05, 4.69) is 20.6 Å². The molecule has 1 saturated heterocycles. The standard InChI is InChI=1S/C25H33N5O2.HI/c1-26-25(29-22-13-15-30(17-22)24(31)20-10-5-6-11-20)28-16-21-12-7-14-27-23(21)32-18-19-8-3-2-4-9-19;/h2-4,7-9,12,14,20,22H,5-6,10-11,13,15-18H2,1H3,(H2,26,28,29);1H. The Labute approximate surface area is 213 Å². The molecule has 2 aliphatic rings. The number of hydrogen-bond donors (Lipinski definition) is 2. The van der Waals surface area contributed by atoms with Gasteiger partial charge in [-0.3, -0.25) is 9.79 Å². The normalized spacial score (nSPS) is 18.6. The predicted octanol–water partition coefficient (Wildman–Crippen LogP) is 3.73. The van der Waals surface area contributed by atoms with Crippen molar-refractivity contribution in [3.8, 4) is 5.88 Å². The zero-order valence-corrected chi connectivity index (χ0v) is 21.5. The fraction of sp³-hybridized carbons (Fsp3) is 0.480. The SMILES string of the molecule is CN=C(NCc1cccnc1OCc1ccccc1)NC1CCN(C(=O)C2CCCC2)C1.I. The molecule has 0 bridgehead atoms. The molecule has 1 aromatic carbocycles. The summed E-state index contributed by atoms with van der Waals surface area (Å²) < 4.78 is 5.96. The summed E-state index contributed by atoms with van der Waals surface area (Å²) in [5.41, 5.74) is 2.07. The molecule has 1 atom stereocenters. The van der Waals surface area contributed by atoms with E-state index in [0.717, 1.165) is 49.4 Å². The van der Waals surface area contributed by atoms with Crippen molar-refractivity contribution in [1.82, 2.24) is 20.5 Å².